The lowest BCUT2D eigenvalue weighted by Crippen LogP contribution is -2.39. The molecule has 1 aromatic carbocycles. The number of halogens is 5. The molecular weight excluding hydrogens is 284 g/mol. The van der Waals surface area contributed by atoms with Crippen molar-refractivity contribution in [3.05, 3.63) is 46.0 Å². The number of hydrogen-bond acceptors (Lipinski definition) is 0. The first-order chi connectivity index (χ1) is 8.24. The zero-order valence-corrected chi connectivity index (χ0v) is 11.0. The fourth-order valence-electron chi connectivity index (χ4n) is 2.48. The van der Waals surface area contributed by atoms with Crippen molar-refractivity contribution in [3.63, 3.8) is 0 Å². The molecule has 0 spiro atoms. The summed E-state index contributed by atoms with van der Waals surface area (Å²) in [6, 6.07) is 4.12. The normalized spacial score (nSPS) is 24.6. The van der Waals surface area contributed by atoms with Crippen molar-refractivity contribution in [2.45, 2.75) is 30.9 Å². The van der Waals surface area contributed by atoms with Crippen molar-refractivity contribution in [1.82, 2.24) is 0 Å². The molecule has 1 saturated carbocycles. The van der Waals surface area contributed by atoms with Gasteiger partial charge < -0.3 is 0 Å². The average molecular weight is 295 g/mol. The van der Waals surface area contributed by atoms with Gasteiger partial charge in [0.05, 0.1) is 5.41 Å². The molecule has 0 bridgehead atoms. The molecule has 0 heterocycles. The Morgan fingerprint density at radius 1 is 1.11 bits per heavy atom. The summed E-state index contributed by atoms with van der Waals surface area (Å²) >= 11 is 11.6. The smallest absolute Gasteiger partial charge is 0.170 e. The first-order valence-electron chi connectivity index (χ1n) is 5.44. The number of alkyl halides is 3. The van der Waals surface area contributed by atoms with E-state index in [1.54, 1.807) is 0 Å². The van der Waals surface area contributed by atoms with Crippen molar-refractivity contribution in [2.24, 2.45) is 0 Å². The van der Waals surface area contributed by atoms with E-state index < -0.39 is 11.6 Å². The van der Waals surface area contributed by atoms with Gasteiger partial charge in [-0.15, -0.1) is 0 Å². The van der Waals surface area contributed by atoms with E-state index in [4.69, 9.17) is 23.2 Å². The highest BCUT2D eigenvalue weighted by atomic mass is 35.5. The maximum atomic E-state index is 13.4. The predicted molar refractivity (Wildman–Crippen MR) is 67.2 cm³/mol. The van der Waals surface area contributed by atoms with Crippen molar-refractivity contribution < 1.29 is 13.2 Å². The molecular formula is C13H11Cl2F3. The van der Waals surface area contributed by atoms with Crippen LogP contribution in [0.25, 0.3) is 0 Å². The molecule has 0 saturated heterocycles. The third-order valence-electron chi connectivity index (χ3n) is 3.41. The molecule has 1 aromatic rings. The topological polar surface area (TPSA) is 0 Å². The van der Waals surface area contributed by atoms with Crippen LogP contribution in [0, 0.1) is 0 Å². The highest BCUT2D eigenvalue weighted by Gasteiger charge is 2.57. The molecule has 0 nitrogen and oxygen atoms in total. The van der Waals surface area contributed by atoms with Crippen molar-refractivity contribution in [2.75, 3.05) is 0 Å². The lowest BCUT2D eigenvalue weighted by atomic mass is 9.78. The predicted octanol–water partition coefficient (Wildman–Crippen LogP) is 5.53. The van der Waals surface area contributed by atoms with E-state index in [1.807, 2.05) is 0 Å². The molecule has 0 aromatic heterocycles. The minimum absolute atomic E-state index is 0.00596. The van der Waals surface area contributed by atoms with Crippen LogP contribution in [0.5, 0.6) is 0 Å². The van der Waals surface area contributed by atoms with E-state index >= 15 is 0 Å². The van der Waals surface area contributed by atoms with Crippen LogP contribution < -0.4 is 0 Å². The SMILES string of the molecule is C=C1CCC(c2cc(Cl)cc(Cl)c2)(C(F)(F)F)C1. The lowest BCUT2D eigenvalue weighted by Gasteiger charge is -2.32. The van der Waals surface area contributed by atoms with E-state index in [9.17, 15) is 13.2 Å². The van der Waals surface area contributed by atoms with Gasteiger partial charge in [-0.25, -0.2) is 0 Å². The van der Waals surface area contributed by atoms with Gasteiger partial charge in [0.1, 0.15) is 0 Å². The van der Waals surface area contributed by atoms with E-state index in [2.05, 4.69) is 6.58 Å². The zero-order chi connectivity index (χ0) is 13.6. The summed E-state index contributed by atoms with van der Waals surface area (Å²) in [5, 5.41) is 0.442. The van der Waals surface area contributed by atoms with Gasteiger partial charge in [-0.1, -0.05) is 35.4 Å². The molecule has 5 heteroatoms. The van der Waals surface area contributed by atoms with E-state index in [1.165, 1.54) is 18.2 Å². The Morgan fingerprint density at radius 2 is 1.67 bits per heavy atom. The van der Waals surface area contributed by atoms with Crippen LogP contribution in [0.3, 0.4) is 0 Å². The number of benzene rings is 1. The first kappa shape index (κ1) is 13.8. The fraction of sp³-hybridized carbons (Fsp3) is 0.385. The van der Waals surface area contributed by atoms with E-state index in [-0.39, 0.29) is 28.5 Å². The first-order valence-corrected chi connectivity index (χ1v) is 6.20. The summed E-state index contributed by atoms with van der Waals surface area (Å²) in [7, 11) is 0. The maximum Gasteiger partial charge on any atom is 0.398 e. The molecule has 0 N–H and O–H groups in total. The summed E-state index contributed by atoms with van der Waals surface area (Å²) in [4.78, 5) is 0. The molecule has 1 aliphatic carbocycles. The molecule has 2 rings (SSSR count). The van der Waals surface area contributed by atoms with Crippen LogP contribution >= 0.6 is 23.2 Å². The van der Waals surface area contributed by atoms with Crippen molar-refractivity contribution in [3.8, 4) is 0 Å². The third kappa shape index (κ3) is 2.26. The van der Waals surface area contributed by atoms with Gasteiger partial charge in [0.15, 0.2) is 0 Å². The second kappa shape index (κ2) is 4.46. The minimum atomic E-state index is -4.33. The second-order valence-corrected chi connectivity index (χ2v) is 5.54. The molecule has 0 radical (unpaired) electrons. The molecule has 18 heavy (non-hydrogen) atoms. The highest BCUT2D eigenvalue weighted by Crippen LogP contribution is 2.54. The summed E-state index contributed by atoms with van der Waals surface area (Å²) < 4.78 is 40.2. The monoisotopic (exact) mass is 294 g/mol. The van der Waals surface area contributed by atoms with Crippen LogP contribution in [0.4, 0.5) is 13.2 Å². The summed E-state index contributed by atoms with van der Waals surface area (Å²) in [5.74, 6) is 0. The van der Waals surface area contributed by atoms with Gasteiger partial charge in [-0.2, -0.15) is 13.2 Å². The van der Waals surface area contributed by atoms with Gasteiger partial charge in [0, 0.05) is 10.0 Å². The van der Waals surface area contributed by atoms with E-state index in [0.29, 0.717) is 12.0 Å². The van der Waals surface area contributed by atoms with Gasteiger partial charge in [-0.3, -0.25) is 0 Å². The Bertz CT molecular complexity index is 473. The third-order valence-corrected chi connectivity index (χ3v) is 3.85. The standard InChI is InChI=1S/C13H11Cl2F3/c1-8-2-3-12(7-8,13(16,17)18)9-4-10(14)6-11(15)5-9/h4-6H,1-3,7H2. The molecule has 1 unspecified atom stereocenters. The Morgan fingerprint density at radius 3 is 2.06 bits per heavy atom. The Labute approximate surface area is 113 Å². The molecule has 0 aliphatic heterocycles. The van der Waals surface area contributed by atoms with Crippen LogP contribution in [0.1, 0.15) is 24.8 Å². The molecule has 1 atom stereocenters. The molecule has 1 aliphatic rings. The molecule has 1 fully saturated rings. The van der Waals surface area contributed by atoms with E-state index in [0.717, 1.165) is 0 Å². The van der Waals surface area contributed by atoms with Gasteiger partial charge in [0.25, 0.3) is 0 Å². The zero-order valence-electron chi connectivity index (χ0n) is 9.45. The van der Waals surface area contributed by atoms with Crippen LogP contribution in [0.15, 0.2) is 30.4 Å². The Kier molecular flexibility index (Phi) is 3.41. The Balaban J connectivity index is 2.57. The van der Waals surface area contributed by atoms with Gasteiger partial charge >= 0.3 is 6.18 Å². The quantitative estimate of drug-likeness (QED) is 0.597. The number of allylic oxidation sites excluding steroid dienone is 1. The van der Waals surface area contributed by atoms with Crippen molar-refractivity contribution >= 4 is 23.2 Å². The number of hydrogen-bond donors (Lipinski definition) is 0. The lowest BCUT2D eigenvalue weighted by molar-refractivity contribution is -0.188. The van der Waals surface area contributed by atoms with Crippen LogP contribution in [-0.2, 0) is 5.41 Å². The van der Waals surface area contributed by atoms with Gasteiger partial charge in [0.2, 0.25) is 0 Å². The second-order valence-electron chi connectivity index (χ2n) is 4.66. The Hall–Kier alpha value is -0.670. The highest BCUT2D eigenvalue weighted by molar-refractivity contribution is 6.34. The summed E-state index contributed by atoms with van der Waals surface area (Å²) in [6.45, 7) is 3.67. The summed E-state index contributed by atoms with van der Waals surface area (Å²) in [6.07, 6.45) is -4.04. The fourth-order valence-corrected chi connectivity index (χ4v) is 3.00. The molecule has 98 valence electrons. The summed E-state index contributed by atoms with van der Waals surface area (Å²) in [5.41, 5.74) is -1.15. The number of rotatable bonds is 1. The van der Waals surface area contributed by atoms with Crippen LogP contribution in [-0.4, -0.2) is 6.18 Å². The molecule has 0 amide bonds. The largest absolute Gasteiger partial charge is 0.398 e. The average Bonchev–Trinajstić information content (AvgIpc) is 2.59. The van der Waals surface area contributed by atoms with Gasteiger partial charge in [-0.05, 0) is 43.0 Å². The van der Waals surface area contributed by atoms with Crippen LogP contribution in [0.2, 0.25) is 10.0 Å². The maximum absolute atomic E-state index is 13.4. The van der Waals surface area contributed by atoms with Crippen molar-refractivity contribution in [1.29, 1.82) is 0 Å². The minimum Gasteiger partial charge on any atom is -0.170 e.